The summed E-state index contributed by atoms with van der Waals surface area (Å²) in [5, 5.41) is 6.13. The molecule has 0 aliphatic carbocycles. The highest BCUT2D eigenvalue weighted by atomic mass is 32.1. The molecule has 126 valence electrons. The van der Waals surface area contributed by atoms with Crippen LogP contribution in [0.15, 0.2) is 40.5 Å². The third kappa shape index (κ3) is 3.57. The van der Waals surface area contributed by atoms with Gasteiger partial charge in [0, 0.05) is 10.9 Å². The van der Waals surface area contributed by atoms with E-state index in [1.165, 1.54) is 11.3 Å². The van der Waals surface area contributed by atoms with Crippen molar-refractivity contribution in [3.05, 3.63) is 51.9 Å². The van der Waals surface area contributed by atoms with Crippen molar-refractivity contribution in [1.82, 2.24) is 15.3 Å². The standard InChI is InChI=1S/C19H23N3OS/c1-12(2)9-10-20-13(3)17-21-18(23)16-15(11-24-19(16)22-17)14-7-5-4-6-8-14/h4-8,11-13,20H,9-10H2,1-3H3,(H,21,22,23). The van der Waals surface area contributed by atoms with E-state index in [1.54, 1.807) is 0 Å². The van der Waals surface area contributed by atoms with Gasteiger partial charge < -0.3 is 10.3 Å². The summed E-state index contributed by atoms with van der Waals surface area (Å²) in [4.78, 5) is 21.1. The maximum atomic E-state index is 12.6. The smallest absolute Gasteiger partial charge is 0.260 e. The van der Waals surface area contributed by atoms with Gasteiger partial charge in [0.1, 0.15) is 10.7 Å². The lowest BCUT2D eigenvalue weighted by Crippen LogP contribution is -2.25. The van der Waals surface area contributed by atoms with Crippen molar-refractivity contribution in [3.63, 3.8) is 0 Å². The van der Waals surface area contributed by atoms with E-state index in [0.717, 1.165) is 28.9 Å². The van der Waals surface area contributed by atoms with Crippen molar-refractivity contribution in [2.75, 3.05) is 6.54 Å². The van der Waals surface area contributed by atoms with Gasteiger partial charge >= 0.3 is 0 Å². The molecule has 0 aliphatic rings. The van der Waals surface area contributed by atoms with Gasteiger partial charge in [0.2, 0.25) is 0 Å². The van der Waals surface area contributed by atoms with E-state index in [0.29, 0.717) is 17.1 Å². The summed E-state index contributed by atoms with van der Waals surface area (Å²) in [6, 6.07) is 10.0. The average Bonchev–Trinajstić information content (AvgIpc) is 3.00. The number of hydrogen-bond donors (Lipinski definition) is 2. The number of hydrogen-bond acceptors (Lipinski definition) is 4. The van der Waals surface area contributed by atoms with Crippen molar-refractivity contribution in [2.45, 2.75) is 33.2 Å². The monoisotopic (exact) mass is 341 g/mol. The summed E-state index contributed by atoms with van der Waals surface area (Å²) < 4.78 is 0. The number of fused-ring (bicyclic) bond motifs is 1. The molecule has 5 heteroatoms. The lowest BCUT2D eigenvalue weighted by atomic mass is 10.1. The van der Waals surface area contributed by atoms with Crippen molar-refractivity contribution in [3.8, 4) is 11.1 Å². The van der Waals surface area contributed by atoms with E-state index in [9.17, 15) is 4.79 Å². The molecule has 2 N–H and O–H groups in total. The van der Waals surface area contributed by atoms with Crippen molar-refractivity contribution >= 4 is 21.6 Å². The Morgan fingerprint density at radius 1 is 1.21 bits per heavy atom. The topological polar surface area (TPSA) is 57.8 Å². The summed E-state index contributed by atoms with van der Waals surface area (Å²) in [6.07, 6.45) is 1.11. The van der Waals surface area contributed by atoms with E-state index in [4.69, 9.17) is 0 Å². The Balaban J connectivity index is 1.91. The molecule has 2 heterocycles. The Morgan fingerprint density at radius 2 is 1.96 bits per heavy atom. The molecule has 4 nitrogen and oxygen atoms in total. The van der Waals surface area contributed by atoms with E-state index in [2.05, 4.69) is 29.1 Å². The van der Waals surface area contributed by atoms with E-state index in [1.807, 2.05) is 42.6 Å². The number of rotatable bonds is 6. The van der Waals surface area contributed by atoms with Crippen LogP contribution in [0.1, 0.15) is 39.1 Å². The zero-order chi connectivity index (χ0) is 17.1. The molecule has 0 bridgehead atoms. The van der Waals surface area contributed by atoms with Gasteiger partial charge in [-0.1, -0.05) is 44.2 Å². The SMILES string of the molecule is CC(C)CCNC(C)c1nc2scc(-c3ccccc3)c2c(=O)[nH]1. The second-order valence-electron chi connectivity index (χ2n) is 6.51. The third-order valence-corrected chi connectivity index (χ3v) is 5.00. The van der Waals surface area contributed by atoms with Crippen LogP contribution in [0.3, 0.4) is 0 Å². The molecule has 0 radical (unpaired) electrons. The highest BCUT2D eigenvalue weighted by Gasteiger charge is 2.15. The van der Waals surface area contributed by atoms with Crippen LogP contribution in [0.2, 0.25) is 0 Å². The van der Waals surface area contributed by atoms with Crippen LogP contribution in [-0.2, 0) is 0 Å². The second-order valence-corrected chi connectivity index (χ2v) is 7.36. The van der Waals surface area contributed by atoms with Crippen LogP contribution < -0.4 is 10.9 Å². The van der Waals surface area contributed by atoms with Crippen molar-refractivity contribution in [1.29, 1.82) is 0 Å². The minimum Gasteiger partial charge on any atom is -0.309 e. The summed E-state index contributed by atoms with van der Waals surface area (Å²) in [7, 11) is 0. The number of benzene rings is 1. The predicted molar refractivity (Wildman–Crippen MR) is 102 cm³/mol. The van der Waals surface area contributed by atoms with Crippen LogP contribution in [-0.4, -0.2) is 16.5 Å². The van der Waals surface area contributed by atoms with Gasteiger partial charge in [-0.15, -0.1) is 11.3 Å². The molecule has 24 heavy (non-hydrogen) atoms. The molecule has 0 aliphatic heterocycles. The Hall–Kier alpha value is -1.98. The van der Waals surface area contributed by atoms with Gasteiger partial charge in [0.25, 0.3) is 5.56 Å². The Labute approximate surface area is 146 Å². The van der Waals surface area contributed by atoms with Crippen LogP contribution in [0.25, 0.3) is 21.3 Å². The van der Waals surface area contributed by atoms with Crippen LogP contribution in [0.4, 0.5) is 0 Å². The predicted octanol–water partition coefficient (Wildman–Crippen LogP) is 4.35. The van der Waals surface area contributed by atoms with E-state index in [-0.39, 0.29) is 11.6 Å². The number of nitrogens with zero attached hydrogens (tertiary/aromatic N) is 1. The highest BCUT2D eigenvalue weighted by Crippen LogP contribution is 2.30. The fourth-order valence-electron chi connectivity index (χ4n) is 2.69. The van der Waals surface area contributed by atoms with Crippen LogP contribution in [0.5, 0.6) is 0 Å². The number of aromatic amines is 1. The number of thiophene rings is 1. The number of aromatic nitrogens is 2. The van der Waals surface area contributed by atoms with Crippen molar-refractivity contribution < 1.29 is 0 Å². The van der Waals surface area contributed by atoms with E-state index < -0.39 is 0 Å². The summed E-state index contributed by atoms with van der Waals surface area (Å²) in [5.41, 5.74) is 1.94. The molecule has 2 aromatic heterocycles. The van der Waals surface area contributed by atoms with E-state index >= 15 is 0 Å². The van der Waals surface area contributed by atoms with Crippen LogP contribution in [0, 0.1) is 5.92 Å². The minimum atomic E-state index is -0.0624. The van der Waals surface area contributed by atoms with Gasteiger partial charge in [-0.2, -0.15) is 0 Å². The molecule has 0 saturated carbocycles. The molecule has 0 fully saturated rings. The zero-order valence-corrected chi connectivity index (χ0v) is 15.1. The summed E-state index contributed by atoms with van der Waals surface area (Å²) >= 11 is 1.52. The molecular weight excluding hydrogens is 318 g/mol. The molecule has 0 amide bonds. The number of nitrogens with one attached hydrogen (secondary N) is 2. The maximum absolute atomic E-state index is 12.6. The molecular formula is C19H23N3OS. The maximum Gasteiger partial charge on any atom is 0.260 e. The lowest BCUT2D eigenvalue weighted by molar-refractivity contribution is 0.485. The van der Waals surface area contributed by atoms with Gasteiger partial charge in [-0.05, 0) is 31.4 Å². The largest absolute Gasteiger partial charge is 0.309 e. The average molecular weight is 341 g/mol. The minimum absolute atomic E-state index is 0.0307. The third-order valence-electron chi connectivity index (χ3n) is 4.13. The molecule has 0 saturated heterocycles. The number of H-pyrrole nitrogens is 1. The Morgan fingerprint density at radius 3 is 2.67 bits per heavy atom. The van der Waals surface area contributed by atoms with Gasteiger partial charge in [-0.25, -0.2) is 4.98 Å². The lowest BCUT2D eigenvalue weighted by Gasteiger charge is -2.14. The Kier molecular flexibility index (Phi) is 5.11. The molecule has 1 atom stereocenters. The summed E-state index contributed by atoms with van der Waals surface area (Å²) in [5.74, 6) is 1.36. The molecule has 3 aromatic rings. The molecule has 1 unspecified atom stereocenters. The molecule has 0 spiro atoms. The normalized spacial score (nSPS) is 12.8. The molecule has 3 rings (SSSR count). The van der Waals surface area contributed by atoms with Crippen molar-refractivity contribution in [2.24, 2.45) is 5.92 Å². The van der Waals surface area contributed by atoms with Crippen LogP contribution >= 0.6 is 11.3 Å². The Bertz CT molecular complexity index is 867. The quantitative estimate of drug-likeness (QED) is 0.701. The first-order valence-electron chi connectivity index (χ1n) is 8.36. The fraction of sp³-hybridized carbons (Fsp3) is 0.368. The highest BCUT2D eigenvalue weighted by molar-refractivity contribution is 7.17. The molecule has 1 aromatic carbocycles. The van der Waals surface area contributed by atoms with Gasteiger partial charge in [0.05, 0.1) is 11.4 Å². The first-order chi connectivity index (χ1) is 11.6. The first kappa shape index (κ1) is 16.9. The second kappa shape index (κ2) is 7.28. The van der Waals surface area contributed by atoms with Gasteiger partial charge in [-0.3, -0.25) is 4.79 Å². The fourth-order valence-corrected chi connectivity index (χ4v) is 3.64. The first-order valence-corrected chi connectivity index (χ1v) is 9.24. The van der Waals surface area contributed by atoms with Gasteiger partial charge in [0.15, 0.2) is 0 Å². The summed E-state index contributed by atoms with van der Waals surface area (Å²) in [6.45, 7) is 7.36. The zero-order valence-electron chi connectivity index (χ0n) is 14.3.